The molecule has 3 aliphatic rings. The fourth-order valence-electron chi connectivity index (χ4n) is 9.53. The Morgan fingerprint density at radius 3 is 1.77 bits per heavy atom. The third-order valence-electron chi connectivity index (χ3n) is 12.8. The van der Waals surface area contributed by atoms with Crippen LogP contribution < -0.4 is 15.4 Å². The Bertz CT molecular complexity index is 2930. The number of ether oxygens (including phenoxy) is 3. The molecule has 0 spiro atoms. The minimum atomic E-state index is -0.908. The molecular weight excluding hydrogens is 841 g/mol. The van der Waals surface area contributed by atoms with E-state index >= 15 is 0 Å². The fraction of sp³-hybridized carbons (Fsp3) is 0.280. The molecule has 10 rings (SSSR count). The maximum atomic E-state index is 14.1. The Balaban J connectivity index is 0.875. The minimum Gasteiger partial charge on any atom is -0.492 e. The summed E-state index contributed by atoms with van der Waals surface area (Å²) < 4.78 is 22.6. The van der Waals surface area contributed by atoms with E-state index in [1.807, 2.05) is 91.0 Å². The number of furan rings is 1. The summed E-state index contributed by atoms with van der Waals surface area (Å²) in [7, 11) is 2.55. The molecule has 66 heavy (non-hydrogen) atoms. The number of H-pyrrole nitrogens is 2. The predicted octanol–water partition coefficient (Wildman–Crippen LogP) is 8.34. The van der Waals surface area contributed by atoms with Gasteiger partial charge < -0.3 is 49.0 Å². The van der Waals surface area contributed by atoms with Crippen LogP contribution >= 0.6 is 0 Å². The highest BCUT2D eigenvalue weighted by Crippen LogP contribution is 2.44. The number of imidazole rings is 2. The number of hydrogen-bond donors (Lipinski definition) is 4. The van der Waals surface area contributed by atoms with Crippen LogP contribution in [0.15, 0.2) is 114 Å². The average Bonchev–Trinajstić information content (AvgIpc) is 4.22. The summed E-state index contributed by atoms with van der Waals surface area (Å²) in [5, 5.41) is 6.41. The summed E-state index contributed by atoms with van der Waals surface area (Å²) in [6.45, 7) is 1.49. The van der Waals surface area contributed by atoms with E-state index in [-0.39, 0.29) is 23.9 Å². The van der Waals surface area contributed by atoms with Crippen LogP contribution in [0.4, 0.5) is 9.59 Å². The molecule has 6 heterocycles. The van der Waals surface area contributed by atoms with Gasteiger partial charge in [-0.1, -0.05) is 66.7 Å². The highest BCUT2D eigenvalue weighted by molar-refractivity contribution is 5.93. The van der Waals surface area contributed by atoms with E-state index in [4.69, 9.17) is 28.6 Å². The molecule has 16 nitrogen and oxygen atoms in total. The molecule has 3 aromatic heterocycles. The second kappa shape index (κ2) is 17.9. The first-order valence-corrected chi connectivity index (χ1v) is 22.1. The molecule has 2 saturated heterocycles. The van der Waals surface area contributed by atoms with Gasteiger partial charge in [-0.15, -0.1) is 0 Å². The van der Waals surface area contributed by atoms with Crippen LogP contribution in [0.5, 0.6) is 5.75 Å². The second-order valence-corrected chi connectivity index (χ2v) is 16.6. The molecular formula is C50H48N8O8. The van der Waals surface area contributed by atoms with Crippen molar-refractivity contribution in [3.05, 3.63) is 138 Å². The first-order chi connectivity index (χ1) is 32.3. The summed E-state index contributed by atoms with van der Waals surface area (Å²) in [4.78, 5) is 72.8. The molecule has 16 heteroatoms. The van der Waals surface area contributed by atoms with Gasteiger partial charge in [0.2, 0.25) is 0 Å². The number of rotatable bonds is 10. The maximum absolute atomic E-state index is 14.1. The van der Waals surface area contributed by atoms with Crippen molar-refractivity contribution in [3.8, 4) is 39.6 Å². The van der Waals surface area contributed by atoms with Crippen molar-refractivity contribution in [3.63, 3.8) is 0 Å². The molecule has 4 atom stereocenters. The van der Waals surface area contributed by atoms with Gasteiger partial charge in [-0.25, -0.2) is 19.6 Å². The third kappa shape index (κ3) is 7.99. The van der Waals surface area contributed by atoms with E-state index in [9.17, 15) is 19.2 Å². The van der Waals surface area contributed by atoms with E-state index in [0.29, 0.717) is 54.6 Å². The van der Waals surface area contributed by atoms with Crippen LogP contribution in [0.2, 0.25) is 0 Å². The van der Waals surface area contributed by atoms with Crippen LogP contribution in [-0.2, 0) is 25.5 Å². The van der Waals surface area contributed by atoms with Gasteiger partial charge in [0.1, 0.15) is 40.8 Å². The predicted molar refractivity (Wildman–Crippen MR) is 243 cm³/mol. The Labute approximate surface area is 379 Å². The average molecular weight is 889 g/mol. The zero-order valence-corrected chi connectivity index (χ0v) is 36.4. The molecule has 4 N–H and O–H groups in total. The molecule has 7 aromatic rings. The monoisotopic (exact) mass is 888 g/mol. The molecule has 0 bridgehead atoms. The maximum Gasteiger partial charge on any atom is 0.407 e. The number of aromatic nitrogens is 4. The zero-order valence-electron chi connectivity index (χ0n) is 36.4. The molecule has 3 aliphatic heterocycles. The highest BCUT2D eigenvalue weighted by Gasteiger charge is 2.39. The first-order valence-electron chi connectivity index (χ1n) is 22.1. The van der Waals surface area contributed by atoms with E-state index in [2.05, 4.69) is 26.7 Å². The number of carbonyl (C=O) groups is 4. The fourth-order valence-corrected chi connectivity index (χ4v) is 9.53. The largest absolute Gasteiger partial charge is 0.492 e. The third-order valence-corrected chi connectivity index (χ3v) is 12.8. The van der Waals surface area contributed by atoms with E-state index in [1.165, 1.54) is 14.2 Å². The standard InChI is InChI=1S/C50H48N8O8/c1-63-49(61)55-42(29-11-5-3-6-12-29)47(59)57-22-9-15-38(57)45-51-27-36(53-45)31-18-20-40-35(25-31)33-21-24-65-41-26-32(17-19-34(41)44(33)66-40)37-28-52-46(54-37)39-16-10-23-58(39)48(60)43(56-50(62)64-2)30-13-7-4-8-14-30/h3-8,11-14,17-20,25-28,38-39,42-43H,9-10,15-16,21-24H2,1-2H3,(H,51,53)(H,52,54)(H,55,61)(H,56,62)/t38-,39-,42?,43?/m0/s1. The lowest BCUT2D eigenvalue weighted by Gasteiger charge is -2.28. The Hall–Kier alpha value is -7.88. The molecule has 0 saturated carbocycles. The highest BCUT2D eigenvalue weighted by atomic mass is 16.5. The second-order valence-electron chi connectivity index (χ2n) is 16.6. The Kier molecular flexibility index (Phi) is 11.4. The van der Waals surface area contributed by atoms with Crippen molar-refractivity contribution in [1.82, 2.24) is 40.4 Å². The number of amides is 4. The van der Waals surface area contributed by atoms with Crippen LogP contribution in [0, 0.1) is 0 Å². The molecule has 0 radical (unpaired) electrons. The van der Waals surface area contributed by atoms with E-state index in [0.717, 1.165) is 76.1 Å². The lowest BCUT2D eigenvalue weighted by Crippen LogP contribution is -2.42. The van der Waals surface area contributed by atoms with Gasteiger partial charge in [0.25, 0.3) is 11.8 Å². The first kappa shape index (κ1) is 42.1. The number of benzene rings is 4. The summed E-state index contributed by atoms with van der Waals surface area (Å²) in [5.74, 6) is 2.31. The van der Waals surface area contributed by atoms with Gasteiger partial charge in [-0.2, -0.15) is 0 Å². The minimum absolute atomic E-state index is 0.229. The SMILES string of the molecule is COC(=O)NC(C(=O)N1CCC[C@H]1c1ncc(-c2ccc3c(c2)OCCc2c-3oc3ccc(-c4cnc([C@@H]5CCCN5C(=O)C(NC(=O)OC)c5ccccc5)[nH]4)cc23)[nH]1)c1ccccc1. The van der Waals surface area contributed by atoms with Crippen LogP contribution in [0.1, 0.15) is 78.2 Å². The molecule has 4 amide bonds. The number of alkyl carbamates (subject to hydrolysis) is 2. The van der Waals surface area contributed by atoms with Gasteiger partial charge in [0.15, 0.2) is 0 Å². The van der Waals surface area contributed by atoms with E-state index < -0.39 is 24.3 Å². The zero-order chi connectivity index (χ0) is 45.3. The van der Waals surface area contributed by atoms with Crippen LogP contribution in [-0.4, -0.2) is 87.7 Å². The summed E-state index contributed by atoms with van der Waals surface area (Å²) in [6.07, 6.45) is 5.86. The summed E-state index contributed by atoms with van der Waals surface area (Å²) in [6, 6.07) is 28.0. The normalized spacial score (nSPS) is 17.5. The quantitative estimate of drug-likeness (QED) is 0.104. The van der Waals surface area contributed by atoms with Crippen molar-refractivity contribution in [2.45, 2.75) is 56.3 Å². The Morgan fingerprint density at radius 2 is 1.23 bits per heavy atom. The lowest BCUT2D eigenvalue weighted by atomic mass is 10.0. The van der Waals surface area contributed by atoms with Gasteiger partial charge in [-0.05, 0) is 67.1 Å². The van der Waals surface area contributed by atoms with Gasteiger partial charge in [-0.3, -0.25) is 9.59 Å². The molecule has 4 aromatic carbocycles. The number of methoxy groups -OCH3 is 2. The Morgan fingerprint density at radius 1 is 0.697 bits per heavy atom. The molecule has 336 valence electrons. The molecule has 0 aliphatic carbocycles. The number of hydrogen-bond acceptors (Lipinski definition) is 10. The smallest absolute Gasteiger partial charge is 0.407 e. The molecule has 2 unspecified atom stereocenters. The van der Waals surface area contributed by atoms with Crippen LogP contribution in [0.3, 0.4) is 0 Å². The van der Waals surface area contributed by atoms with Gasteiger partial charge in [0, 0.05) is 41.6 Å². The van der Waals surface area contributed by atoms with Crippen molar-refractivity contribution in [2.75, 3.05) is 33.9 Å². The number of aromatic amines is 2. The topological polar surface area (TPSA) is 197 Å². The molecule has 2 fully saturated rings. The van der Waals surface area contributed by atoms with E-state index in [1.54, 1.807) is 22.2 Å². The number of likely N-dealkylation sites (tertiary alicyclic amines) is 2. The van der Waals surface area contributed by atoms with Crippen LogP contribution in [0.25, 0.3) is 44.8 Å². The van der Waals surface area contributed by atoms with Crippen molar-refractivity contribution >= 4 is 35.0 Å². The van der Waals surface area contributed by atoms with Crippen molar-refractivity contribution in [1.29, 1.82) is 0 Å². The van der Waals surface area contributed by atoms with Crippen molar-refractivity contribution < 1.29 is 37.8 Å². The van der Waals surface area contributed by atoms with Gasteiger partial charge in [0.05, 0.1) is 62.3 Å². The summed E-state index contributed by atoms with van der Waals surface area (Å²) >= 11 is 0. The lowest BCUT2D eigenvalue weighted by molar-refractivity contribution is -0.135. The number of fused-ring (bicyclic) bond motifs is 5. The number of nitrogens with one attached hydrogen (secondary N) is 4. The van der Waals surface area contributed by atoms with Gasteiger partial charge >= 0.3 is 12.2 Å². The number of carbonyl (C=O) groups excluding carboxylic acids is 4. The van der Waals surface area contributed by atoms with Crippen molar-refractivity contribution in [2.24, 2.45) is 0 Å². The number of nitrogens with zero attached hydrogens (tertiary/aromatic N) is 4. The summed E-state index contributed by atoms with van der Waals surface area (Å²) in [5.41, 5.74) is 7.34.